The number of halogens is 2. The third-order valence-electron chi connectivity index (χ3n) is 1.56. The lowest BCUT2D eigenvalue weighted by molar-refractivity contribution is 0.303. The summed E-state index contributed by atoms with van der Waals surface area (Å²) in [5.41, 5.74) is 0.916. The van der Waals surface area contributed by atoms with Crippen LogP contribution in [0.4, 0.5) is 0 Å². The van der Waals surface area contributed by atoms with Gasteiger partial charge in [-0.05, 0) is 24.1 Å². The Balaban J connectivity index is 2.77. The van der Waals surface area contributed by atoms with Gasteiger partial charge in [-0.3, -0.25) is 0 Å². The Hall–Kier alpha value is -0.500. The maximum absolute atomic E-state index is 8.55. The molecule has 0 atom stereocenters. The summed E-state index contributed by atoms with van der Waals surface area (Å²) in [6.07, 6.45) is 4.38. The largest absolute Gasteiger partial charge is 0.396 e. The van der Waals surface area contributed by atoms with E-state index in [1.54, 1.807) is 12.1 Å². The highest BCUT2D eigenvalue weighted by atomic mass is 35.5. The van der Waals surface area contributed by atoms with Crippen LogP contribution in [0.1, 0.15) is 12.0 Å². The molecule has 0 radical (unpaired) electrons. The molecule has 1 N–H and O–H groups in total. The molecule has 0 amide bonds. The Morgan fingerprint density at radius 3 is 2.69 bits per heavy atom. The van der Waals surface area contributed by atoms with E-state index >= 15 is 0 Å². The van der Waals surface area contributed by atoms with E-state index in [9.17, 15) is 0 Å². The minimum atomic E-state index is 0.154. The maximum atomic E-state index is 8.55. The topological polar surface area (TPSA) is 20.2 Å². The van der Waals surface area contributed by atoms with Gasteiger partial charge in [0.15, 0.2) is 0 Å². The first-order valence-corrected chi connectivity index (χ1v) is 4.72. The van der Waals surface area contributed by atoms with Crippen LogP contribution in [0.15, 0.2) is 24.3 Å². The van der Waals surface area contributed by atoms with E-state index in [1.165, 1.54) is 0 Å². The summed E-state index contributed by atoms with van der Waals surface area (Å²) >= 11 is 11.6. The molecule has 0 spiro atoms. The molecule has 0 aromatic heterocycles. The monoisotopic (exact) mass is 216 g/mol. The van der Waals surface area contributed by atoms with Crippen molar-refractivity contribution in [2.75, 3.05) is 6.61 Å². The summed E-state index contributed by atoms with van der Waals surface area (Å²) in [6, 6.07) is 5.33. The lowest BCUT2D eigenvalue weighted by atomic mass is 10.2. The fourth-order valence-electron chi connectivity index (χ4n) is 0.922. The van der Waals surface area contributed by atoms with Gasteiger partial charge in [0.2, 0.25) is 0 Å². The van der Waals surface area contributed by atoms with Crippen molar-refractivity contribution in [3.63, 3.8) is 0 Å². The second-order valence-corrected chi connectivity index (χ2v) is 3.42. The Bertz CT molecular complexity index is 308. The van der Waals surface area contributed by atoms with Gasteiger partial charge in [-0.15, -0.1) is 0 Å². The fraction of sp³-hybridized carbons (Fsp3) is 0.200. The van der Waals surface area contributed by atoms with Crippen LogP contribution in [0, 0.1) is 0 Å². The minimum Gasteiger partial charge on any atom is -0.396 e. The molecular formula is C10H10Cl2O. The van der Waals surface area contributed by atoms with E-state index in [-0.39, 0.29) is 6.61 Å². The molecule has 13 heavy (non-hydrogen) atoms. The number of aliphatic hydroxyl groups excluding tert-OH is 1. The molecule has 0 unspecified atom stereocenters. The van der Waals surface area contributed by atoms with Crippen molar-refractivity contribution in [3.05, 3.63) is 39.9 Å². The summed E-state index contributed by atoms with van der Waals surface area (Å²) in [4.78, 5) is 0. The molecule has 1 aromatic rings. The lowest BCUT2D eigenvalue weighted by Crippen LogP contribution is -1.77. The number of rotatable bonds is 3. The molecule has 3 heteroatoms. The zero-order valence-electron chi connectivity index (χ0n) is 7.00. The molecule has 0 aliphatic carbocycles. The molecular weight excluding hydrogens is 207 g/mol. The first-order valence-electron chi connectivity index (χ1n) is 3.96. The number of benzene rings is 1. The molecule has 1 rings (SSSR count). The number of hydrogen-bond acceptors (Lipinski definition) is 1. The van der Waals surface area contributed by atoms with Crippen LogP contribution in [0.2, 0.25) is 10.0 Å². The molecule has 0 heterocycles. The smallest absolute Gasteiger partial charge is 0.0493 e. The van der Waals surface area contributed by atoms with Crippen molar-refractivity contribution in [1.82, 2.24) is 0 Å². The van der Waals surface area contributed by atoms with E-state index in [1.807, 2.05) is 18.2 Å². The first-order chi connectivity index (χ1) is 6.24. The highest BCUT2D eigenvalue weighted by Gasteiger charge is 1.96. The van der Waals surface area contributed by atoms with Crippen LogP contribution in [0.25, 0.3) is 6.08 Å². The van der Waals surface area contributed by atoms with Gasteiger partial charge in [-0.1, -0.05) is 41.4 Å². The zero-order valence-corrected chi connectivity index (χ0v) is 8.52. The molecule has 0 bridgehead atoms. The summed E-state index contributed by atoms with van der Waals surface area (Å²) in [5, 5.41) is 9.81. The average molecular weight is 217 g/mol. The van der Waals surface area contributed by atoms with Gasteiger partial charge in [0.1, 0.15) is 0 Å². The summed E-state index contributed by atoms with van der Waals surface area (Å²) in [6.45, 7) is 0.154. The molecule has 0 fully saturated rings. The first kappa shape index (κ1) is 10.6. The molecule has 70 valence electrons. The fourth-order valence-corrected chi connectivity index (χ4v) is 1.39. The van der Waals surface area contributed by atoms with Gasteiger partial charge in [-0.2, -0.15) is 0 Å². The molecule has 0 aliphatic rings. The Kier molecular flexibility index (Phi) is 4.29. The highest BCUT2D eigenvalue weighted by Crippen LogP contribution is 2.21. The average Bonchev–Trinajstić information content (AvgIpc) is 2.09. The van der Waals surface area contributed by atoms with E-state index < -0.39 is 0 Å². The van der Waals surface area contributed by atoms with Gasteiger partial charge in [0, 0.05) is 16.7 Å². The van der Waals surface area contributed by atoms with Crippen LogP contribution in [0.5, 0.6) is 0 Å². The zero-order chi connectivity index (χ0) is 9.68. The van der Waals surface area contributed by atoms with Crippen molar-refractivity contribution in [2.24, 2.45) is 0 Å². The van der Waals surface area contributed by atoms with Crippen LogP contribution in [-0.4, -0.2) is 11.7 Å². The van der Waals surface area contributed by atoms with Gasteiger partial charge >= 0.3 is 0 Å². The van der Waals surface area contributed by atoms with Crippen molar-refractivity contribution in [3.8, 4) is 0 Å². The van der Waals surface area contributed by atoms with E-state index in [0.29, 0.717) is 16.5 Å². The normalized spacial score (nSPS) is 11.0. The molecule has 1 nitrogen and oxygen atoms in total. The molecule has 0 aliphatic heterocycles. The van der Waals surface area contributed by atoms with Gasteiger partial charge < -0.3 is 5.11 Å². The van der Waals surface area contributed by atoms with Gasteiger partial charge in [0.25, 0.3) is 0 Å². The third-order valence-corrected chi connectivity index (χ3v) is 2.12. The van der Waals surface area contributed by atoms with E-state index in [0.717, 1.165) is 5.56 Å². The van der Waals surface area contributed by atoms with Crippen molar-refractivity contribution in [1.29, 1.82) is 0 Å². The predicted molar refractivity (Wildman–Crippen MR) is 57.2 cm³/mol. The van der Waals surface area contributed by atoms with Crippen LogP contribution >= 0.6 is 23.2 Å². The quantitative estimate of drug-likeness (QED) is 0.822. The number of aliphatic hydroxyl groups is 1. The maximum Gasteiger partial charge on any atom is 0.0493 e. The Morgan fingerprint density at radius 2 is 2.08 bits per heavy atom. The van der Waals surface area contributed by atoms with Crippen LogP contribution < -0.4 is 0 Å². The summed E-state index contributed by atoms with van der Waals surface area (Å²) in [7, 11) is 0. The van der Waals surface area contributed by atoms with Gasteiger partial charge in [0.05, 0.1) is 0 Å². The molecule has 1 aromatic carbocycles. The Morgan fingerprint density at radius 1 is 1.31 bits per heavy atom. The molecule has 0 saturated carbocycles. The third kappa shape index (κ3) is 3.39. The summed E-state index contributed by atoms with van der Waals surface area (Å²) in [5.74, 6) is 0. The second-order valence-electron chi connectivity index (χ2n) is 2.58. The van der Waals surface area contributed by atoms with Crippen molar-refractivity contribution >= 4 is 29.3 Å². The van der Waals surface area contributed by atoms with E-state index in [4.69, 9.17) is 28.3 Å². The van der Waals surface area contributed by atoms with Crippen LogP contribution in [-0.2, 0) is 0 Å². The van der Waals surface area contributed by atoms with Crippen LogP contribution in [0.3, 0.4) is 0 Å². The lowest BCUT2D eigenvalue weighted by Gasteiger charge is -1.97. The minimum absolute atomic E-state index is 0.154. The summed E-state index contributed by atoms with van der Waals surface area (Å²) < 4.78 is 0. The second kappa shape index (κ2) is 5.28. The molecule has 0 saturated heterocycles. The van der Waals surface area contributed by atoms with Crippen molar-refractivity contribution < 1.29 is 5.11 Å². The SMILES string of the molecule is OCC/C=C/c1ccc(Cl)cc1Cl. The van der Waals surface area contributed by atoms with Crippen molar-refractivity contribution in [2.45, 2.75) is 6.42 Å². The predicted octanol–water partition coefficient (Wildman–Crippen LogP) is 3.39. The standard InChI is InChI=1S/C10H10Cl2O/c11-9-5-4-8(10(12)7-9)3-1-2-6-13/h1,3-5,7,13H,2,6H2/b3-1+. The van der Waals surface area contributed by atoms with E-state index in [2.05, 4.69) is 0 Å². The Labute approximate surface area is 87.6 Å². The highest BCUT2D eigenvalue weighted by molar-refractivity contribution is 6.35. The van der Waals surface area contributed by atoms with Gasteiger partial charge in [-0.25, -0.2) is 0 Å². The number of hydrogen-bond donors (Lipinski definition) is 1.